The highest BCUT2D eigenvalue weighted by Crippen LogP contribution is 2.28. The maximum Gasteiger partial charge on any atom is 0.165 e. The summed E-state index contributed by atoms with van der Waals surface area (Å²) >= 11 is 0. The fraction of sp³-hybridized carbons (Fsp3) is 0.625. The first kappa shape index (κ1) is 15.0. The first-order chi connectivity index (χ1) is 8.66. The minimum absolute atomic E-state index is 0.231. The van der Waals surface area contributed by atoms with E-state index in [4.69, 9.17) is 4.74 Å². The summed E-state index contributed by atoms with van der Waals surface area (Å²) in [5.74, 6) is 1.17. The Bertz CT molecular complexity index is 356. The summed E-state index contributed by atoms with van der Waals surface area (Å²) in [6.07, 6.45) is 3.75. The molecule has 1 aliphatic rings. The molecule has 1 nitrogen and oxygen atoms in total. The van der Waals surface area contributed by atoms with Gasteiger partial charge in [-0.05, 0) is 42.4 Å². The Hall–Kier alpha value is -1.05. The third-order valence-electron chi connectivity index (χ3n) is 3.32. The fourth-order valence-electron chi connectivity index (χ4n) is 1.86. The lowest BCUT2D eigenvalue weighted by atomic mass is 9.86. The Balaban J connectivity index is 0.000000771. The molecule has 2 heteroatoms. The molecule has 1 aliphatic carbocycles. The third kappa shape index (κ3) is 4.01. The summed E-state index contributed by atoms with van der Waals surface area (Å²) in [6, 6.07) is 5.29. The van der Waals surface area contributed by atoms with Crippen LogP contribution >= 0.6 is 0 Å². The highest BCUT2D eigenvalue weighted by Gasteiger charge is 2.18. The molecule has 0 spiro atoms. The topological polar surface area (TPSA) is 9.23 Å². The van der Waals surface area contributed by atoms with E-state index in [0.717, 1.165) is 5.56 Å². The molecule has 0 atom stereocenters. The van der Waals surface area contributed by atoms with Crippen molar-refractivity contribution in [1.29, 1.82) is 0 Å². The van der Waals surface area contributed by atoms with Gasteiger partial charge in [-0.2, -0.15) is 0 Å². The molecule has 0 heterocycles. The largest absolute Gasteiger partial charge is 0.490 e. The molecular weight excluding hydrogens is 227 g/mol. The van der Waals surface area contributed by atoms with Crippen LogP contribution in [-0.2, 0) is 0 Å². The second kappa shape index (κ2) is 7.40. The van der Waals surface area contributed by atoms with E-state index in [9.17, 15) is 4.39 Å². The summed E-state index contributed by atoms with van der Waals surface area (Å²) in [5, 5.41) is 0. The van der Waals surface area contributed by atoms with E-state index in [1.54, 1.807) is 12.1 Å². The zero-order chi connectivity index (χ0) is 13.5. The Morgan fingerprint density at radius 1 is 1.28 bits per heavy atom. The summed E-state index contributed by atoms with van der Waals surface area (Å²) < 4.78 is 19.2. The molecule has 102 valence electrons. The van der Waals surface area contributed by atoms with E-state index in [1.165, 1.54) is 19.3 Å². The SMILES string of the molecule is CC.CC(C)c1ccc(OCC2CCC2)c(F)c1. The van der Waals surface area contributed by atoms with Crippen LogP contribution in [0.2, 0.25) is 0 Å². The van der Waals surface area contributed by atoms with Crippen LogP contribution in [0.3, 0.4) is 0 Å². The highest BCUT2D eigenvalue weighted by atomic mass is 19.1. The highest BCUT2D eigenvalue weighted by molar-refractivity contribution is 5.30. The quantitative estimate of drug-likeness (QED) is 0.719. The van der Waals surface area contributed by atoms with Crippen molar-refractivity contribution in [3.63, 3.8) is 0 Å². The van der Waals surface area contributed by atoms with Crippen molar-refractivity contribution in [1.82, 2.24) is 0 Å². The molecule has 0 aliphatic heterocycles. The van der Waals surface area contributed by atoms with Gasteiger partial charge in [0.1, 0.15) is 0 Å². The molecule has 1 aromatic rings. The Morgan fingerprint density at radius 2 is 1.94 bits per heavy atom. The number of benzene rings is 1. The van der Waals surface area contributed by atoms with Crippen molar-refractivity contribution in [2.75, 3.05) is 6.61 Å². The van der Waals surface area contributed by atoms with Crippen LogP contribution in [0.15, 0.2) is 18.2 Å². The zero-order valence-electron chi connectivity index (χ0n) is 12.0. The Labute approximate surface area is 110 Å². The van der Waals surface area contributed by atoms with Crippen molar-refractivity contribution in [3.8, 4) is 5.75 Å². The summed E-state index contributed by atoms with van der Waals surface area (Å²) in [7, 11) is 0. The van der Waals surface area contributed by atoms with E-state index in [-0.39, 0.29) is 5.82 Å². The van der Waals surface area contributed by atoms with Crippen LogP contribution < -0.4 is 4.74 Å². The zero-order valence-corrected chi connectivity index (χ0v) is 12.0. The third-order valence-corrected chi connectivity index (χ3v) is 3.32. The average molecular weight is 252 g/mol. The van der Waals surface area contributed by atoms with Crippen molar-refractivity contribution >= 4 is 0 Å². The van der Waals surface area contributed by atoms with Crippen molar-refractivity contribution in [2.24, 2.45) is 5.92 Å². The standard InChI is InChI=1S/C14H19FO.C2H6/c1-10(2)12-6-7-14(13(15)8-12)16-9-11-4-3-5-11;1-2/h6-8,10-11H,3-5,9H2,1-2H3;1-2H3. The molecule has 18 heavy (non-hydrogen) atoms. The van der Waals surface area contributed by atoms with E-state index in [2.05, 4.69) is 13.8 Å². The van der Waals surface area contributed by atoms with Gasteiger partial charge < -0.3 is 4.74 Å². The minimum Gasteiger partial charge on any atom is -0.490 e. The van der Waals surface area contributed by atoms with Crippen LogP contribution in [0, 0.1) is 11.7 Å². The van der Waals surface area contributed by atoms with Crippen LogP contribution in [0.25, 0.3) is 0 Å². The molecule has 2 rings (SSSR count). The molecule has 0 unspecified atom stereocenters. The Kier molecular flexibility index (Phi) is 6.17. The second-order valence-electron chi connectivity index (χ2n) is 4.95. The van der Waals surface area contributed by atoms with Crippen molar-refractivity contribution in [3.05, 3.63) is 29.6 Å². The van der Waals surface area contributed by atoms with Crippen LogP contribution in [0.4, 0.5) is 4.39 Å². The van der Waals surface area contributed by atoms with Gasteiger partial charge in [0.25, 0.3) is 0 Å². The van der Waals surface area contributed by atoms with Gasteiger partial charge >= 0.3 is 0 Å². The first-order valence-electron chi connectivity index (χ1n) is 7.09. The summed E-state index contributed by atoms with van der Waals surface area (Å²) in [6.45, 7) is 8.78. The first-order valence-corrected chi connectivity index (χ1v) is 7.09. The smallest absolute Gasteiger partial charge is 0.165 e. The molecule has 1 fully saturated rings. The summed E-state index contributed by atoms with van der Waals surface area (Å²) in [4.78, 5) is 0. The molecule has 1 aromatic carbocycles. The fourth-order valence-corrected chi connectivity index (χ4v) is 1.86. The van der Waals surface area contributed by atoms with Gasteiger partial charge in [-0.25, -0.2) is 4.39 Å². The molecule has 0 aromatic heterocycles. The predicted octanol–water partition coefficient (Wildman–Crippen LogP) is 5.15. The molecule has 0 amide bonds. The van der Waals surface area contributed by atoms with Crippen molar-refractivity contribution < 1.29 is 9.13 Å². The minimum atomic E-state index is -0.231. The normalized spacial score (nSPS) is 14.8. The Morgan fingerprint density at radius 3 is 2.39 bits per heavy atom. The van der Waals surface area contributed by atoms with E-state index < -0.39 is 0 Å². The molecule has 1 saturated carbocycles. The van der Waals surface area contributed by atoms with Crippen LogP contribution in [0.5, 0.6) is 5.75 Å². The van der Waals surface area contributed by atoms with Gasteiger partial charge in [0.05, 0.1) is 6.61 Å². The number of halogens is 1. The maximum absolute atomic E-state index is 13.7. The molecule has 0 bridgehead atoms. The van der Waals surface area contributed by atoms with Gasteiger partial charge in [-0.15, -0.1) is 0 Å². The van der Waals surface area contributed by atoms with Gasteiger partial charge in [0, 0.05) is 0 Å². The van der Waals surface area contributed by atoms with Crippen molar-refractivity contribution in [2.45, 2.75) is 52.9 Å². The lowest BCUT2D eigenvalue weighted by molar-refractivity contribution is 0.175. The number of hydrogen-bond acceptors (Lipinski definition) is 1. The van der Waals surface area contributed by atoms with Gasteiger partial charge in [-0.1, -0.05) is 40.2 Å². The monoisotopic (exact) mass is 252 g/mol. The van der Waals surface area contributed by atoms with E-state index in [0.29, 0.717) is 24.2 Å². The van der Waals surface area contributed by atoms with Crippen LogP contribution in [-0.4, -0.2) is 6.61 Å². The predicted molar refractivity (Wildman–Crippen MR) is 74.7 cm³/mol. The van der Waals surface area contributed by atoms with Crippen LogP contribution in [0.1, 0.15) is 58.4 Å². The second-order valence-corrected chi connectivity index (χ2v) is 4.95. The number of rotatable bonds is 4. The number of hydrogen-bond donors (Lipinski definition) is 0. The number of ether oxygens (including phenoxy) is 1. The van der Waals surface area contributed by atoms with E-state index >= 15 is 0 Å². The molecule has 0 saturated heterocycles. The lowest BCUT2D eigenvalue weighted by Gasteiger charge is -2.25. The summed E-state index contributed by atoms with van der Waals surface area (Å²) in [5.41, 5.74) is 1.02. The van der Waals surface area contributed by atoms with Gasteiger partial charge in [0.15, 0.2) is 11.6 Å². The molecule has 0 radical (unpaired) electrons. The van der Waals surface area contributed by atoms with Gasteiger partial charge in [-0.3, -0.25) is 0 Å². The van der Waals surface area contributed by atoms with Gasteiger partial charge in [0.2, 0.25) is 0 Å². The average Bonchev–Trinajstić information content (AvgIpc) is 2.31. The molecule has 0 N–H and O–H groups in total. The molecular formula is C16H25FO. The van der Waals surface area contributed by atoms with E-state index in [1.807, 2.05) is 19.9 Å². The lowest BCUT2D eigenvalue weighted by Crippen LogP contribution is -2.19. The maximum atomic E-state index is 13.7.